The number of nitrogens with two attached hydrogens (primary N) is 3. The summed E-state index contributed by atoms with van der Waals surface area (Å²) >= 11 is 3.39. The lowest BCUT2D eigenvalue weighted by atomic mass is 9.99. The number of hydrogen-bond donors (Lipinski definition) is 13. The van der Waals surface area contributed by atoms with Crippen LogP contribution in [0.2, 0.25) is 0 Å². The molecule has 0 aliphatic heterocycles. The highest BCUT2D eigenvalue weighted by Crippen LogP contribution is 2.17. The number of aromatic hydroxyl groups is 3. The van der Waals surface area contributed by atoms with E-state index in [2.05, 4.69) is 58.1 Å². The van der Waals surface area contributed by atoms with Crippen molar-refractivity contribution < 1.29 is 63.3 Å². The molecule has 0 spiro atoms. The second-order valence-electron chi connectivity index (χ2n) is 21.6. The number of phenols is 3. The van der Waals surface area contributed by atoms with Crippen LogP contribution in [-0.4, -0.2) is 156 Å². The van der Waals surface area contributed by atoms with Gasteiger partial charge in [-0.3, -0.25) is 38.6 Å². The van der Waals surface area contributed by atoms with Crippen molar-refractivity contribution in [2.24, 2.45) is 28.1 Å². The van der Waals surface area contributed by atoms with E-state index in [-0.39, 0.29) is 74.7 Å². The van der Waals surface area contributed by atoms with Gasteiger partial charge in [0.1, 0.15) is 47.5 Å². The summed E-state index contributed by atoms with van der Waals surface area (Å²) in [7, 11) is 6.09. The van der Waals surface area contributed by atoms with E-state index in [0.29, 0.717) is 27.6 Å². The number of guanidine groups is 1. The van der Waals surface area contributed by atoms with Gasteiger partial charge in [0.15, 0.2) is 5.96 Å². The molecule has 4 aromatic rings. The number of carboxylic acid groups (broad SMARTS) is 1. The third-order valence-corrected chi connectivity index (χ3v) is 13.7. The monoisotopic (exact) mass is 1210 g/mol. The number of halogens is 1. The Bertz CT molecular complexity index is 2830. The van der Waals surface area contributed by atoms with Gasteiger partial charge in [-0.15, -0.1) is 0 Å². The number of carboxylic acids is 1. The molecule has 4 aromatic carbocycles. The van der Waals surface area contributed by atoms with Crippen LogP contribution in [0.5, 0.6) is 17.2 Å². The predicted molar refractivity (Wildman–Crippen MR) is 312 cm³/mol. The topological polar surface area (TPSA) is 395 Å². The normalized spacial score (nSPS) is 13.8. The zero-order chi connectivity index (χ0) is 61.4. The lowest BCUT2D eigenvalue weighted by molar-refractivity contribution is -0.870. The molecule has 16 N–H and O–H groups in total. The number of benzene rings is 4. The quantitative estimate of drug-likeness (QED) is 0.0124. The Kier molecular flexibility index (Phi) is 26.7. The summed E-state index contributed by atoms with van der Waals surface area (Å²) in [6, 6.07) is 15.0. The Morgan fingerprint density at radius 3 is 1.41 bits per heavy atom. The van der Waals surface area contributed by atoms with Gasteiger partial charge in [0.25, 0.3) is 0 Å². The van der Waals surface area contributed by atoms with E-state index in [1.165, 1.54) is 72.8 Å². The number of rotatable bonds is 33. The molecule has 7 atom stereocenters. The highest BCUT2D eigenvalue weighted by Gasteiger charge is 2.34. The van der Waals surface area contributed by atoms with Crippen molar-refractivity contribution in [1.82, 2.24) is 37.2 Å². The van der Waals surface area contributed by atoms with E-state index in [4.69, 9.17) is 17.2 Å². The maximum absolute atomic E-state index is 14.7. The van der Waals surface area contributed by atoms with E-state index < -0.39 is 102 Å². The SMILES string of the molecule is CC(C)C(NC(=O)C(Cc1ccc(O)cc1)NC(=O)C(Cc1ccc(O)cc1)NC(=O)C(CCCN=C(N)N)NC(=O)CNC(=O)C(CCCC[N+](C)(C)C)NC(=O)C(N)Cc1ccc(Br)cc1)C(=O)NC(Cc1ccc(O)cc1)C(=O)[O-]. The number of amides is 7. The molecule has 83 heavy (non-hydrogen) atoms. The standard InChI is InChI=1S/C58H79BrN12O12/c1-34(2)50(56(81)69-48(57(82)83)32-38-17-25-42(74)26-18-38)70-55(80)47(31-37-15-23-41(73)24-16-37)68-54(79)46(30-36-13-21-40(72)22-14-36)67-53(78)45(10-8-27-63-58(61)62)65-49(75)33-64-52(77)44(9-6-7-28-71(3,4)5)66-51(76)43(60)29-35-11-19-39(59)20-12-35/h11-26,34,43-48,50H,6-10,27-33,60H2,1-5H3,(H14-,61,62,63,64,65,66,67,68,69,70,72,73,74,75,76,77,78,79,80,81,82,83). The van der Waals surface area contributed by atoms with Gasteiger partial charge < -0.3 is 84.1 Å². The van der Waals surface area contributed by atoms with E-state index in [0.717, 1.165) is 23.0 Å². The molecule has 0 heterocycles. The molecule has 7 amide bonds. The van der Waals surface area contributed by atoms with Gasteiger partial charge in [0.2, 0.25) is 41.4 Å². The number of nitrogens with one attached hydrogen (secondary N) is 7. The van der Waals surface area contributed by atoms with Gasteiger partial charge in [-0.2, -0.15) is 0 Å². The Hall–Kier alpha value is -8.29. The molecule has 0 saturated heterocycles. The molecule has 0 fully saturated rings. The van der Waals surface area contributed by atoms with Crippen LogP contribution in [0.3, 0.4) is 0 Å². The molecule has 7 unspecified atom stereocenters. The summed E-state index contributed by atoms with van der Waals surface area (Å²) in [5, 5.41) is 60.4. The number of nitrogens with zero attached hydrogens (tertiary/aromatic N) is 2. The average Bonchev–Trinajstić information content (AvgIpc) is 3.58. The third kappa shape index (κ3) is 24.8. The number of aliphatic imine (C=N–C) groups is 1. The smallest absolute Gasteiger partial charge is 0.243 e. The minimum atomic E-state index is -1.61. The maximum atomic E-state index is 14.7. The molecule has 0 bridgehead atoms. The minimum absolute atomic E-state index is 0.0330. The molecular formula is C58H79BrN12O12. The fraction of sp³-hybridized carbons (Fsp3) is 0.431. The summed E-state index contributed by atoms with van der Waals surface area (Å²) in [5.74, 6) is -8.34. The summed E-state index contributed by atoms with van der Waals surface area (Å²) in [4.78, 5) is 115. The van der Waals surface area contributed by atoms with Crippen molar-refractivity contribution in [3.05, 3.63) is 124 Å². The third-order valence-electron chi connectivity index (χ3n) is 13.2. The van der Waals surface area contributed by atoms with Crippen LogP contribution >= 0.6 is 15.9 Å². The fourth-order valence-corrected chi connectivity index (χ4v) is 8.83. The molecule has 4 rings (SSSR count). The van der Waals surface area contributed by atoms with Crippen molar-refractivity contribution >= 4 is 69.2 Å². The molecule has 0 aliphatic rings. The first-order valence-electron chi connectivity index (χ1n) is 27.2. The molecule has 0 saturated carbocycles. The summed E-state index contributed by atoms with van der Waals surface area (Å²) < 4.78 is 1.52. The number of hydrogen-bond acceptors (Lipinski definition) is 14. The Balaban J connectivity index is 1.59. The average molecular weight is 1220 g/mol. The number of carbonyl (C=O) groups excluding carboxylic acids is 8. The van der Waals surface area contributed by atoms with Gasteiger partial charge in [0.05, 0.1) is 52.3 Å². The molecule has 0 aliphatic carbocycles. The first-order chi connectivity index (χ1) is 39.2. The molecule has 24 nitrogen and oxygen atoms in total. The lowest BCUT2D eigenvalue weighted by Crippen LogP contribution is -2.61. The van der Waals surface area contributed by atoms with Crippen LogP contribution in [-0.2, 0) is 64.0 Å². The van der Waals surface area contributed by atoms with Gasteiger partial charge in [-0.1, -0.05) is 78.3 Å². The molecule has 0 aromatic heterocycles. The van der Waals surface area contributed by atoms with Crippen molar-refractivity contribution in [2.75, 3.05) is 40.8 Å². The number of phenolic OH excluding ortho intramolecular Hbond substituents is 3. The van der Waals surface area contributed by atoms with Gasteiger partial charge >= 0.3 is 0 Å². The molecule has 25 heteroatoms. The van der Waals surface area contributed by atoms with E-state index in [1.54, 1.807) is 13.8 Å². The highest BCUT2D eigenvalue weighted by molar-refractivity contribution is 9.10. The molecule has 0 radical (unpaired) electrons. The number of carbonyl (C=O) groups is 8. The fourth-order valence-electron chi connectivity index (χ4n) is 8.57. The zero-order valence-electron chi connectivity index (χ0n) is 47.4. The Morgan fingerprint density at radius 1 is 0.530 bits per heavy atom. The number of quaternary nitrogens is 1. The Labute approximate surface area is 491 Å². The zero-order valence-corrected chi connectivity index (χ0v) is 48.9. The summed E-state index contributed by atoms with van der Waals surface area (Å²) in [5.41, 5.74) is 19.5. The first kappa shape index (κ1) is 67.2. The summed E-state index contributed by atoms with van der Waals surface area (Å²) in [6.45, 7) is 3.39. The van der Waals surface area contributed by atoms with Crippen molar-refractivity contribution in [3.8, 4) is 17.2 Å². The second-order valence-corrected chi connectivity index (χ2v) is 22.6. The summed E-state index contributed by atoms with van der Waals surface area (Å²) in [6.07, 6.45) is 1.07. The highest BCUT2D eigenvalue weighted by atomic mass is 79.9. The van der Waals surface area contributed by atoms with Crippen LogP contribution in [0.15, 0.2) is 107 Å². The molecule has 450 valence electrons. The van der Waals surface area contributed by atoms with E-state index in [9.17, 15) is 58.8 Å². The predicted octanol–water partition coefficient (Wildman–Crippen LogP) is -0.475. The maximum Gasteiger partial charge on any atom is 0.243 e. The lowest BCUT2D eigenvalue weighted by Gasteiger charge is -2.29. The first-order valence-corrected chi connectivity index (χ1v) is 27.9. The van der Waals surface area contributed by atoms with Crippen LogP contribution in [0.1, 0.15) is 68.2 Å². The van der Waals surface area contributed by atoms with Crippen LogP contribution in [0.4, 0.5) is 0 Å². The number of unbranched alkanes of at least 4 members (excludes halogenated alkanes) is 1. The van der Waals surface area contributed by atoms with Crippen LogP contribution in [0, 0.1) is 5.92 Å². The van der Waals surface area contributed by atoms with Gasteiger partial charge in [-0.25, -0.2) is 0 Å². The van der Waals surface area contributed by atoms with E-state index >= 15 is 0 Å². The van der Waals surface area contributed by atoms with Crippen molar-refractivity contribution in [2.45, 2.75) is 114 Å². The Morgan fingerprint density at radius 2 is 0.940 bits per heavy atom. The van der Waals surface area contributed by atoms with E-state index in [1.807, 2.05) is 45.4 Å². The van der Waals surface area contributed by atoms with Crippen molar-refractivity contribution in [1.29, 1.82) is 0 Å². The van der Waals surface area contributed by atoms with Crippen LogP contribution < -0.4 is 59.5 Å². The minimum Gasteiger partial charge on any atom is -0.548 e. The largest absolute Gasteiger partial charge is 0.548 e. The number of aliphatic carboxylic acids is 1. The van der Waals surface area contributed by atoms with Crippen LogP contribution in [0.25, 0.3) is 0 Å². The van der Waals surface area contributed by atoms with Gasteiger partial charge in [0, 0.05) is 23.9 Å². The molecular weight excluding hydrogens is 1140 g/mol. The van der Waals surface area contributed by atoms with Crippen molar-refractivity contribution in [3.63, 3.8) is 0 Å². The second kappa shape index (κ2) is 33.0. The van der Waals surface area contributed by atoms with Gasteiger partial charge in [-0.05, 0) is 122 Å².